The summed E-state index contributed by atoms with van der Waals surface area (Å²) in [7, 11) is 0. The molecule has 2 aliphatic rings. The Morgan fingerprint density at radius 3 is 2.57 bits per heavy atom. The monoisotopic (exact) mass is 294 g/mol. The Morgan fingerprint density at radius 2 is 1.90 bits per heavy atom. The number of hydrogen-bond acceptors (Lipinski definition) is 3. The van der Waals surface area contributed by atoms with Crippen LogP contribution in [0.15, 0.2) is 12.2 Å². The van der Waals surface area contributed by atoms with E-state index in [0.717, 1.165) is 32.1 Å². The fourth-order valence-corrected chi connectivity index (χ4v) is 3.10. The predicted octanol–water partition coefficient (Wildman–Crippen LogP) is 1.13. The van der Waals surface area contributed by atoms with Gasteiger partial charge in [-0.1, -0.05) is 31.4 Å². The summed E-state index contributed by atoms with van der Waals surface area (Å²) in [5.74, 6) is 0.349. The molecule has 0 aromatic heterocycles. The maximum Gasteiger partial charge on any atom is 0.223 e. The lowest BCUT2D eigenvalue weighted by molar-refractivity contribution is -0.126. The minimum Gasteiger partial charge on any atom is -0.396 e. The second kappa shape index (κ2) is 8.17. The fraction of sp³-hybridized carbons (Fsp3) is 0.750. The third-order valence-electron chi connectivity index (χ3n) is 4.38. The number of nitrogens with one attached hydrogen (secondary N) is 2. The molecular formula is C16H26N2O3. The van der Waals surface area contributed by atoms with E-state index in [4.69, 9.17) is 5.11 Å². The largest absolute Gasteiger partial charge is 0.396 e. The molecule has 118 valence electrons. The van der Waals surface area contributed by atoms with Gasteiger partial charge in [0.25, 0.3) is 0 Å². The molecule has 5 heteroatoms. The van der Waals surface area contributed by atoms with Crippen molar-refractivity contribution in [3.8, 4) is 0 Å². The van der Waals surface area contributed by atoms with Gasteiger partial charge in [0.2, 0.25) is 11.8 Å². The number of aliphatic hydroxyl groups excluding tert-OH is 1. The van der Waals surface area contributed by atoms with E-state index < -0.39 is 0 Å². The molecule has 0 spiro atoms. The average Bonchev–Trinajstić information content (AvgIpc) is 2.95. The van der Waals surface area contributed by atoms with E-state index >= 15 is 0 Å². The van der Waals surface area contributed by atoms with E-state index in [1.165, 1.54) is 6.42 Å². The van der Waals surface area contributed by atoms with Gasteiger partial charge in [-0.25, -0.2) is 0 Å². The number of aliphatic hydroxyl groups is 1. The van der Waals surface area contributed by atoms with Crippen molar-refractivity contribution in [2.24, 2.45) is 11.8 Å². The van der Waals surface area contributed by atoms with Gasteiger partial charge in [0, 0.05) is 37.5 Å². The van der Waals surface area contributed by atoms with E-state index in [9.17, 15) is 9.59 Å². The van der Waals surface area contributed by atoms with E-state index in [1.807, 2.05) is 12.2 Å². The van der Waals surface area contributed by atoms with Crippen LogP contribution in [0.4, 0.5) is 0 Å². The highest BCUT2D eigenvalue weighted by Gasteiger charge is 2.22. The molecule has 3 N–H and O–H groups in total. The first-order valence-electron chi connectivity index (χ1n) is 8.05. The molecule has 2 atom stereocenters. The first-order chi connectivity index (χ1) is 10.2. The van der Waals surface area contributed by atoms with Crippen LogP contribution in [0.25, 0.3) is 0 Å². The molecule has 5 nitrogen and oxygen atoms in total. The molecule has 0 bridgehead atoms. The molecule has 1 saturated carbocycles. The third kappa shape index (κ3) is 5.16. The zero-order valence-corrected chi connectivity index (χ0v) is 12.5. The van der Waals surface area contributed by atoms with Gasteiger partial charge in [-0.2, -0.15) is 0 Å². The molecule has 0 saturated heterocycles. The molecule has 0 aromatic rings. The SMILES string of the molecule is O=C(CCNC(=O)C1CCCCC1)N[C@@H]1C=C[C@H](CO)C1. The predicted molar refractivity (Wildman–Crippen MR) is 80.5 cm³/mol. The second-order valence-corrected chi connectivity index (χ2v) is 6.11. The normalized spacial score (nSPS) is 25.8. The minimum absolute atomic E-state index is 0.0173. The van der Waals surface area contributed by atoms with Crippen LogP contribution in [-0.2, 0) is 9.59 Å². The van der Waals surface area contributed by atoms with E-state index in [1.54, 1.807) is 0 Å². The quantitative estimate of drug-likeness (QED) is 0.643. The number of carbonyl (C=O) groups excluding carboxylic acids is 2. The van der Waals surface area contributed by atoms with Gasteiger partial charge >= 0.3 is 0 Å². The summed E-state index contributed by atoms with van der Waals surface area (Å²) in [5, 5.41) is 14.8. The number of rotatable bonds is 6. The van der Waals surface area contributed by atoms with Crippen LogP contribution in [-0.4, -0.2) is 36.1 Å². The van der Waals surface area contributed by atoms with Crippen LogP contribution in [0.1, 0.15) is 44.9 Å². The lowest BCUT2D eigenvalue weighted by Crippen LogP contribution is -2.37. The second-order valence-electron chi connectivity index (χ2n) is 6.11. The fourth-order valence-electron chi connectivity index (χ4n) is 3.10. The van der Waals surface area contributed by atoms with Crippen molar-refractivity contribution in [1.29, 1.82) is 0 Å². The van der Waals surface area contributed by atoms with Crippen LogP contribution < -0.4 is 10.6 Å². The molecule has 2 amide bonds. The molecule has 1 fully saturated rings. The van der Waals surface area contributed by atoms with Gasteiger partial charge in [0.05, 0.1) is 0 Å². The first-order valence-corrected chi connectivity index (χ1v) is 8.05. The minimum atomic E-state index is -0.0489. The third-order valence-corrected chi connectivity index (χ3v) is 4.38. The van der Waals surface area contributed by atoms with Crippen molar-refractivity contribution in [3.63, 3.8) is 0 Å². The molecule has 0 unspecified atom stereocenters. The molecule has 0 aromatic carbocycles. The Kier molecular flexibility index (Phi) is 6.23. The summed E-state index contributed by atoms with van der Waals surface area (Å²) >= 11 is 0. The Bertz CT molecular complexity index is 389. The lowest BCUT2D eigenvalue weighted by Gasteiger charge is -2.20. The standard InChI is InChI=1S/C16H26N2O3/c19-11-12-6-7-14(10-12)18-15(20)8-9-17-16(21)13-4-2-1-3-5-13/h6-7,12-14,19H,1-5,8-11H2,(H,17,21)(H,18,20)/t12-,14+/m0/s1. The van der Waals surface area contributed by atoms with Gasteiger partial charge in [0.1, 0.15) is 0 Å². The molecule has 2 aliphatic carbocycles. The summed E-state index contributed by atoms with van der Waals surface area (Å²) in [6.45, 7) is 0.529. The number of amides is 2. The van der Waals surface area contributed by atoms with Crippen molar-refractivity contribution in [2.45, 2.75) is 51.0 Å². The summed E-state index contributed by atoms with van der Waals surface area (Å²) in [5.41, 5.74) is 0. The van der Waals surface area contributed by atoms with Crippen LogP contribution in [0.3, 0.4) is 0 Å². The highest BCUT2D eigenvalue weighted by Crippen LogP contribution is 2.23. The molecule has 0 aliphatic heterocycles. The van der Waals surface area contributed by atoms with Crippen LogP contribution in [0.2, 0.25) is 0 Å². The van der Waals surface area contributed by atoms with Crippen LogP contribution in [0, 0.1) is 11.8 Å². The zero-order chi connectivity index (χ0) is 15.1. The van der Waals surface area contributed by atoms with E-state index in [0.29, 0.717) is 13.0 Å². The van der Waals surface area contributed by atoms with E-state index in [-0.39, 0.29) is 36.3 Å². The lowest BCUT2D eigenvalue weighted by atomic mass is 9.89. The van der Waals surface area contributed by atoms with Gasteiger partial charge < -0.3 is 15.7 Å². The summed E-state index contributed by atoms with van der Waals surface area (Å²) in [4.78, 5) is 23.7. The summed E-state index contributed by atoms with van der Waals surface area (Å²) < 4.78 is 0. The van der Waals surface area contributed by atoms with Gasteiger partial charge in [-0.05, 0) is 19.3 Å². The Balaban J connectivity index is 1.59. The van der Waals surface area contributed by atoms with Crippen LogP contribution >= 0.6 is 0 Å². The van der Waals surface area contributed by atoms with Crippen LogP contribution in [0.5, 0.6) is 0 Å². The Morgan fingerprint density at radius 1 is 1.14 bits per heavy atom. The van der Waals surface area contributed by atoms with Crippen molar-refractivity contribution in [3.05, 3.63) is 12.2 Å². The van der Waals surface area contributed by atoms with Crippen molar-refractivity contribution in [2.75, 3.05) is 13.2 Å². The highest BCUT2D eigenvalue weighted by atomic mass is 16.3. The Hall–Kier alpha value is -1.36. The van der Waals surface area contributed by atoms with Crippen molar-refractivity contribution >= 4 is 11.8 Å². The molecule has 0 heterocycles. The summed E-state index contributed by atoms with van der Waals surface area (Å²) in [6.07, 6.45) is 10.4. The maximum atomic E-state index is 11.9. The Labute approximate surface area is 126 Å². The average molecular weight is 294 g/mol. The smallest absolute Gasteiger partial charge is 0.223 e. The first kappa shape index (κ1) is 16.0. The van der Waals surface area contributed by atoms with Gasteiger partial charge in [0.15, 0.2) is 0 Å². The molecule has 0 radical (unpaired) electrons. The number of carbonyl (C=O) groups is 2. The molecule has 2 rings (SSSR count). The van der Waals surface area contributed by atoms with Gasteiger partial charge in [-0.3, -0.25) is 9.59 Å². The van der Waals surface area contributed by atoms with E-state index in [2.05, 4.69) is 10.6 Å². The zero-order valence-electron chi connectivity index (χ0n) is 12.5. The van der Waals surface area contributed by atoms with Crippen molar-refractivity contribution < 1.29 is 14.7 Å². The van der Waals surface area contributed by atoms with Crippen molar-refractivity contribution in [1.82, 2.24) is 10.6 Å². The van der Waals surface area contributed by atoms with Gasteiger partial charge in [-0.15, -0.1) is 0 Å². The maximum absolute atomic E-state index is 11.9. The molecule has 21 heavy (non-hydrogen) atoms. The topological polar surface area (TPSA) is 78.4 Å². The number of hydrogen-bond donors (Lipinski definition) is 3. The molecular weight excluding hydrogens is 268 g/mol. The highest BCUT2D eigenvalue weighted by molar-refractivity contribution is 5.80. The summed E-state index contributed by atoms with van der Waals surface area (Å²) in [6, 6.07) is 0.0173.